The predicted molar refractivity (Wildman–Crippen MR) is 73.3 cm³/mol. The maximum Gasteiger partial charge on any atom is 0.224 e. The SMILES string of the molecule is CCOc1ccc(CC(=O)NC[C@@H]2CCCO2)cc1. The van der Waals surface area contributed by atoms with Crippen LogP contribution in [0.3, 0.4) is 0 Å². The Bertz CT molecular complexity index is 396. The zero-order chi connectivity index (χ0) is 13.5. The van der Waals surface area contributed by atoms with Crippen molar-refractivity contribution in [1.29, 1.82) is 0 Å². The number of hydrogen-bond acceptors (Lipinski definition) is 3. The summed E-state index contributed by atoms with van der Waals surface area (Å²) in [6.07, 6.45) is 2.74. The lowest BCUT2D eigenvalue weighted by Gasteiger charge is -2.11. The van der Waals surface area contributed by atoms with E-state index in [-0.39, 0.29) is 12.0 Å². The van der Waals surface area contributed by atoms with Crippen LogP contribution in [0.4, 0.5) is 0 Å². The molecule has 0 saturated carbocycles. The summed E-state index contributed by atoms with van der Waals surface area (Å²) < 4.78 is 10.8. The Kier molecular flexibility index (Phi) is 5.21. The lowest BCUT2D eigenvalue weighted by atomic mass is 10.1. The van der Waals surface area contributed by atoms with E-state index in [2.05, 4.69) is 5.32 Å². The molecule has 1 fully saturated rings. The molecular formula is C15H21NO3. The number of hydrogen-bond donors (Lipinski definition) is 1. The Morgan fingerprint density at radius 2 is 2.21 bits per heavy atom. The molecule has 1 N–H and O–H groups in total. The van der Waals surface area contributed by atoms with E-state index in [1.54, 1.807) is 0 Å². The summed E-state index contributed by atoms with van der Waals surface area (Å²) in [6.45, 7) is 4.04. The Balaban J connectivity index is 1.74. The van der Waals surface area contributed by atoms with Crippen molar-refractivity contribution in [3.05, 3.63) is 29.8 Å². The van der Waals surface area contributed by atoms with Gasteiger partial charge in [-0.25, -0.2) is 0 Å². The summed E-state index contributed by atoms with van der Waals surface area (Å²) in [6, 6.07) is 7.64. The van der Waals surface area contributed by atoms with Crippen LogP contribution in [0.15, 0.2) is 24.3 Å². The van der Waals surface area contributed by atoms with E-state index in [4.69, 9.17) is 9.47 Å². The van der Waals surface area contributed by atoms with E-state index in [9.17, 15) is 4.79 Å². The van der Waals surface area contributed by atoms with Crippen molar-refractivity contribution >= 4 is 5.91 Å². The number of amides is 1. The molecule has 1 aliphatic heterocycles. The standard InChI is InChI=1S/C15H21NO3/c1-2-18-13-7-5-12(6-8-13)10-15(17)16-11-14-4-3-9-19-14/h5-8,14H,2-4,9-11H2,1H3,(H,16,17)/t14-/m0/s1. The van der Waals surface area contributed by atoms with Crippen LogP contribution >= 0.6 is 0 Å². The van der Waals surface area contributed by atoms with Gasteiger partial charge in [0.25, 0.3) is 0 Å². The third-order valence-electron chi connectivity index (χ3n) is 3.15. The van der Waals surface area contributed by atoms with Gasteiger partial charge in [-0.15, -0.1) is 0 Å². The summed E-state index contributed by atoms with van der Waals surface area (Å²) >= 11 is 0. The van der Waals surface area contributed by atoms with Gasteiger partial charge in [-0.3, -0.25) is 4.79 Å². The smallest absolute Gasteiger partial charge is 0.224 e. The zero-order valence-corrected chi connectivity index (χ0v) is 11.4. The van der Waals surface area contributed by atoms with Crippen LogP contribution in [0, 0.1) is 0 Å². The predicted octanol–water partition coefficient (Wildman–Crippen LogP) is 1.92. The molecule has 1 aromatic rings. The molecule has 1 saturated heterocycles. The van der Waals surface area contributed by atoms with Crippen molar-refractivity contribution in [2.75, 3.05) is 19.8 Å². The quantitative estimate of drug-likeness (QED) is 0.853. The monoisotopic (exact) mass is 263 g/mol. The molecule has 1 aliphatic rings. The Hall–Kier alpha value is -1.55. The number of ether oxygens (including phenoxy) is 2. The van der Waals surface area contributed by atoms with Crippen LogP contribution in [0.25, 0.3) is 0 Å². The lowest BCUT2D eigenvalue weighted by molar-refractivity contribution is -0.120. The van der Waals surface area contributed by atoms with Crippen molar-refractivity contribution in [1.82, 2.24) is 5.32 Å². The fourth-order valence-corrected chi connectivity index (χ4v) is 2.15. The highest BCUT2D eigenvalue weighted by Crippen LogP contribution is 2.13. The minimum Gasteiger partial charge on any atom is -0.494 e. The van der Waals surface area contributed by atoms with E-state index in [0.717, 1.165) is 30.8 Å². The van der Waals surface area contributed by atoms with Crippen molar-refractivity contribution < 1.29 is 14.3 Å². The first kappa shape index (κ1) is 13.9. The summed E-state index contributed by atoms with van der Waals surface area (Å²) in [5.41, 5.74) is 0.994. The van der Waals surface area contributed by atoms with Crippen LogP contribution in [0.5, 0.6) is 5.75 Å². The Labute approximate surface area is 114 Å². The summed E-state index contributed by atoms with van der Waals surface area (Å²) in [7, 11) is 0. The molecule has 104 valence electrons. The Morgan fingerprint density at radius 1 is 1.42 bits per heavy atom. The van der Waals surface area contributed by atoms with Crippen LogP contribution in [0.2, 0.25) is 0 Å². The van der Waals surface area contributed by atoms with Gasteiger partial charge in [0, 0.05) is 13.2 Å². The topological polar surface area (TPSA) is 47.6 Å². The first-order valence-corrected chi connectivity index (χ1v) is 6.88. The second kappa shape index (κ2) is 7.14. The molecule has 0 aliphatic carbocycles. The molecular weight excluding hydrogens is 242 g/mol. The summed E-state index contributed by atoms with van der Waals surface area (Å²) in [5, 5.41) is 2.92. The van der Waals surface area contributed by atoms with Crippen molar-refractivity contribution in [3.63, 3.8) is 0 Å². The largest absolute Gasteiger partial charge is 0.494 e. The van der Waals surface area contributed by atoms with Gasteiger partial charge in [-0.2, -0.15) is 0 Å². The minimum absolute atomic E-state index is 0.0414. The highest BCUT2D eigenvalue weighted by molar-refractivity contribution is 5.78. The molecule has 1 atom stereocenters. The lowest BCUT2D eigenvalue weighted by Crippen LogP contribution is -2.32. The van der Waals surface area contributed by atoms with Crippen LogP contribution in [-0.2, 0) is 16.0 Å². The molecule has 0 spiro atoms. The molecule has 1 amide bonds. The molecule has 4 nitrogen and oxygen atoms in total. The van der Waals surface area contributed by atoms with Crippen molar-refractivity contribution in [2.45, 2.75) is 32.3 Å². The maximum absolute atomic E-state index is 11.8. The van der Waals surface area contributed by atoms with Crippen LogP contribution in [-0.4, -0.2) is 31.8 Å². The molecule has 2 rings (SSSR count). The second-order valence-corrected chi connectivity index (χ2v) is 4.69. The highest BCUT2D eigenvalue weighted by Gasteiger charge is 2.16. The van der Waals surface area contributed by atoms with Crippen LogP contribution in [0.1, 0.15) is 25.3 Å². The fraction of sp³-hybridized carbons (Fsp3) is 0.533. The van der Waals surface area contributed by atoms with Gasteiger partial charge in [0.2, 0.25) is 5.91 Å². The average Bonchev–Trinajstić information content (AvgIpc) is 2.92. The first-order chi connectivity index (χ1) is 9.28. The number of benzene rings is 1. The number of carbonyl (C=O) groups is 1. The van der Waals surface area contributed by atoms with Gasteiger partial charge in [-0.05, 0) is 37.5 Å². The second-order valence-electron chi connectivity index (χ2n) is 4.69. The van der Waals surface area contributed by atoms with Gasteiger partial charge in [0.15, 0.2) is 0 Å². The van der Waals surface area contributed by atoms with E-state index >= 15 is 0 Å². The average molecular weight is 263 g/mol. The summed E-state index contributed by atoms with van der Waals surface area (Å²) in [5.74, 6) is 0.880. The van der Waals surface area contributed by atoms with Gasteiger partial charge >= 0.3 is 0 Å². The minimum atomic E-state index is 0.0414. The van der Waals surface area contributed by atoms with Gasteiger partial charge < -0.3 is 14.8 Å². The van der Waals surface area contributed by atoms with Gasteiger partial charge in [0.05, 0.1) is 19.1 Å². The molecule has 1 aromatic carbocycles. The zero-order valence-electron chi connectivity index (χ0n) is 11.4. The van der Waals surface area contributed by atoms with E-state index in [1.807, 2.05) is 31.2 Å². The normalized spacial score (nSPS) is 18.3. The van der Waals surface area contributed by atoms with E-state index < -0.39 is 0 Å². The number of nitrogens with one attached hydrogen (secondary N) is 1. The number of rotatable bonds is 6. The molecule has 1 heterocycles. The molecule has 0 unspecified atom stereocenters. The van der Waals surface area contributed by atoms with Gasteiger partial charge in [0.1, 0.15) is 5.75 Å². The third kappa shape index (κ3) is 4.56. The van der Waals surface area contributed by atoms with Crippen LogP contribution < -0.4 is 10.1 Å². The molecule has 4 heteroatoms. The third-order valence-corrected chi connectivity index (χ3v) is 3.15. The first-order valence-electron chi connectivity index (χ1n) is 6.88. The van der Waals surface area contributed by atoms with Crippen molar-refractivity contribution in [3.8, 4) is 5.75 Å². The van der Waals surface area contributed by atoms with Gasteiger partial charge in [-0.1, -0.05) is 12.1 Å². The van der Waals surface area contributed by atoms with E-state index in [0.29, 0.717) is 19.6 Å². The Morgan fingerprint density at radius 3 is 2.84 bits per heavy atom. The molecule has 0 aromatic heterocycles. The van der Waals surface area contributed by atoms with Crippen molar-refractivity contribution in [2.24, 2.45) is 0 Å². The number of carbonyl (C=O) groups excluding carboxylic acids is 1. The molecule has 0 bridgehead atoms. The summed E-state index contributed by atoms with van der Waals surface area (Å²) in [4.78, 5) is 11.8. The maximum atomic E-state index is 11.8. The molecule has 19 heavy (non-hydrogen) atoms. The fourth-order valence-electron chi connectivity index (χ4n) is 2.15. The molecule has 0 radical (unpaired) electrons. The van der Waals surface area contributed by atoms with E-state index in [1.165, 1.54) is 0 Å². The highest BCUT2D eigenvalue weighted by atomic mass is 16.5.